The number of carbonyl (C=O) groups is 3. The van der Waals surface area contributed by atoms with Crippen LogP contribution in [0.15, 0.2) is 30.3 Å². The number of nitrogens with zero attached hydrogens (tertiary/aromatic N) is 2. The largest absolute Gasteiger partial charge is 0.349 e. The average molecular weight is 416 g/mol. The van der Waals surface area contributed by atoms with Crippen LogP contribution >= 0.6 is 0 Å². The predicted octanol–water partition coefficient (Wildman–Crippen LogP) is 1.10. The van der Waals surface area contributed by atoms with Gasteiger partial charge in [-0.25, -0.2) is 4.79 Å². The first kappa shape index (κ1) is 20.8. The second kappa shape index (κ2) is 8.71. The third-order valence-corrected chi connectivity index (χ3v) is 6.10. The molecule has 4 rings (SSSR count). The Balaban J connectivity index is 1.44. The lowest BCUT2D eigenvalue weighted by Crippen LogP contribution is -2.54. The number of hydrogen-bond acceptors (Lipinski definition) is 6. The summed E-state index contributed by atoms with van der Waals surface area (Å²) >= 11 is 0. The van der Waals surface area contributed by atoms with Crippen LogP contribution in [0.4, 0.5) is 4.79 Å². The summed E-state index contributed by atoms with van der Waals surface area (Å²) in [4.78, 5) is 40.5. The Hall–Kier alpha value is -2.49. The van der Waals surface area contributed by atoms with Gasteiger partial charge in [-0.1, -0.05) is 43.7 Å². The van der Waals surface area contributed by atoms with Gasteiger partial charge < -0.3 is 14.8 Å². The second-order valence-electron chi connectivity index (χ2n) is 7.87. The summed E-state index contributed by atoms with van der Waals surface area (Å²) in [7, 11) is 0. The van der Waals surface area contributed by atoms with E-state index in [0.29, 0.717) is 25.2 Å². The summed E-state index contributed by atoms with van der Waals surface area (Å²) in [5.74, 6) is -0.893. The zero-order valence-corrected chi connectivity index (χ0v) is 17.1. The Morgan fingerprint density at radius 1 is 1.20 bits per heavy atom. The number of benzene rings is 1. The molecule has 1 aromatic rings. The van der Waals surface area contributed by atoms with Crippen molar-refractivity contribution < 1.29 is 23.9 Å². The van der Waals surface area contributed by atoms with Crippen LogP contribution in [0.5, 0.6) is 0 Å². The maximum atomic E-state index is 13.1. The number of ether oxygens (including phenoxy) is 2. The van der Waals surface area contributed by atoms with Gasteiger partial charge in [-0.15, -0.1) is 0 Å². The molecule has 3 aliphatic heterocycles. The van der Waals surface area contributed by atoms with Crippen molar-refractivity contribution in [1.29, 1.82) is 0 Å². The first-order valence-corrected chi connectivity index (χ1v) is 10.5. The number of urea groups is 1. The number of carbonyl (C=O) groups excluding carboxylic acids is 3. The second-order valence-corrected chi connectivity index (χ2v) is 7.87. The van der Waals surface area contributed by atoms with E-state index >= 15 is 0 Å². The predicted molar refractivity (Wildman–Crippen MR) is 107 cm³/mol. The molecule has 0 aliphatic carbocycles. The molecule has 3 heterocycles. The molecule has 3 fully saturated rings. The zero-order valence-electron chi connectivity index (χ0n) is 17.1. The van der Waals surface area contributed by atoms with Crippen LogP contribution in [0.25, 0.3) is 0 Å². The number of amides is 4. The summed E-state index contributed by atoms with van der Waals surface area (Å²) < 4.78 is 11.3. The molecule has 0 radical (unpaired) electrons. The molecule has 2 unspecified atom stereocenters. The molecule has 0 aromatic heterocycles. The van der Waals surface area contributed by atoms with Crippen LogP contribution in [0.2, 0.25) is 0 Å². The van der Waals surface area contributed by atoms with Crippen LogP contribution in [0.1, 0.15) is 38.2 Å². The monoisotopic (exact) mass is 416 g/mol. The molecule has 1 aromatic carbocycles. The maximum Gasteiger partial charge on any atom is 0.344 e. The third kappa shape index (κ3) is 3.80. The van der Waals surface area contributed by atoms with Crippen molar-refractivity contribution >= 4 is 17.8 Å². The molecule has 162 valence electrons. The van der Waals surface area contributed by atoms with Gasteiger partial charge in [0.2, 0.25) is 0 Å². The van der Waals surface area contributed by atoms with Gasteiger partial charge in [0, 0.05) is 0 Å². The van der Waals surface area contributed by atoms with Crippen molar-refractivity contribution in [2.24, 2.45) is 0 Å². The first-order valence-electron chi connectivity index (χ1n) is 10.5. The van der Waals surface area contributed by atoms with Gasteiger partial charge >= 0.3 is 6.03 Å². The molecule has 2 atom stereocenters. The highest BCUT2D eigenvalue weighted by Gasteiger charge is 2.52. The SMILES string of the molecule is CCC1(c2ccccc2)NC(=O)N(NC(=O)CN2CCCCC2C2OCCO2)C1=O. The summed E-state index contributed by atoms with van der Waals surface area (Å²) in [6.07, 6.45) is 2.95. The fourth-order valence-electron chi connectivity index (χ4n) is 4.50. The Labute approximate surface area is 175 Å². The van der Waals surface area contributed by atoms with Crippen molar-refractivity contribution in [2.45, 2.75) is 50.5 Å². The number of hydrazine groups is 1. The minimum absolute atomic E-state index is 0.00541. The van der Waals surface area contributed by atoms with Gasteiger partial charge in [-0.05, 0) is 31.4 Å². The maximum absolute atomic E-state index is 13.1. The highest BCUT2D eigenvalue weighted by atomic mass is 16.7. The molecule has 0 bridgehead atoms. The minimum atomic E-state index is -1.18. The van der Waals surface area contributed by atoms with E-state index in [4.69, 9.17) is 9.47 Å². The van der Waals surface area contributed by atoms with Gasteiger partial charge in [-0.2, -0.15) is 5.01 Å². The number of imide groups is 1. The molecule has 3 saturated heterocycles. The summed E-state index contributed by atoms with van der Waals surface area (Å²) in [6.45, 7) is 3.75. The molecule has 2 N–H and O–H groups in total. The molecule has 0 spiro atoms. The smallest absolute Gasteiger partial charge is 0.344 e. The number of hydrogen-bond donors (Lipinski definition) is 2. The normalized spacial score (nSPS) is 28.0. The first-order chi connectivity index (χ1) is 14.5. The third-order valence-electron chi connectivity index (χ3n) is 6.10. The van der Waals surface area contributed by atoms with Gasteiger partial charge in [0.25, 0.3) is 11.8 Å². The molecule has 30 heavy (non-hydrogen) atoms. The minimum Gasteiger partial charge on any atom is -0.349 e. The van der Waals surface area contributed by atoms with Crippen LogP contribution in [0.3, 0.4) is 0 Å². The van der Waals surface area contributed by atoms with E-state index in [-0.39, 0.29) is 18.9 Å². The summed E-state index contributed by atoms with van der Waals surface area (Å²) in [6, 6.07) is 8.44. The van der Waals surface area contributed by atoms with Crippen LogP contribution in [-0.2, 0) is 24.6 Å². The molecule has 4 amide bonds. The Morgan fingerprint density at radius 3 is 2.63 bits per heavy atom. The van der Waals surface area contributed by atoms with Crippen LogP contribution < -0.4 is 10.7 Å². The average Bonchev–Trinajstić information content (AvgIpc) is 3.38. The Kier molecular flexibility index (Phi) is 6.03. The zero-order chi connectivity index (χ0) is 21.1. The lowest BCUT2D eigenvalue weighted by molar-refractivity contribution is -0.142. The van der Waals surface area contributed by atoms with Crippen LogP contribution in [0, 0.1) is 0 Å². The topological polar surface area (TPSA) is 100 Å². The van der Waals surface area contributed by atoms with Crippen molar-refractivity contribution in [2.75, 3.05) is 26.3 Å². The van der Waals surface area contributed by atoms with Crippen molar-refractivity contribution in [1.82, 2.24) is 20.7 Å². The molecular formula is C21H28N4O5. The van der Waals surface area contributed by atoms with Crippen LogP contribution in [-0.4, -0.2) is 66.4 Å². The Bertz CT molecular complexity index is 798. The van der Waals surface area contributed by atoms with E-state index < -0.39 is 23.4 Å². The van der Waals surface area contributed by atoms with E-state index in [1.165, 1.54) is 0 Å². The number of piperidine rings is 1. The van der Waals surface area contributed by atoms with E-state index in [9.17, 15) is 14.4 Å². The molecular weight excluding hydrogens is 388 g/mol. The molecule has 9 nitrogen and oxygen atoms in total. The van der Waals surface area contributed by atoms with Gasteiger partial charge in [0.1, 0.15) is 5.54 Å². The van der Waals surface area contributed by atoms with Gasteiger partial charge in [-0.3, -0.25) is 19.9 Å². The summed E-state index contributed by atoms with van der Waals surface area (Å²) in [5, 5.41) is 3.57. The standard InChI is InChI=1S/C21H28N4O5/c1-2-21(15-8-4-3-5-9-15)19(27)25(20(28)22-21)23-17(26)14-24-11-7-6-10-16(24)18-29-12-13-30-18/h3-5,8-9,16,18H,2,6-7,10-14H2,1H3,(H,22,28)(H,23,26). The van der Waals surface area contributed by atoms with Gasteiger partial charge in [0.15, 0.2) is 6.29 Å². The van der Waals surface area contributed by atoms with Gasteiger partial charge in [0.05, 0.1) is 25.8 Å². The number of nitrogens with one attached hydrogen (secondary N) is 2. The molecule has 0 saturated carbocycles. The summed E-state index contributed by atoms with van der Waals surface area (Å²) in [5.41, 5.74) is 2.02. The van der Waals surface area contributed by atoms with E-state index in [1.54, 1.807) is 12.1 Å². The highest BCUT2D eigenvalue weighted by molar-refractivity contribution is 6.08. The lowest BCUT2D eigenvalue weighted by Gasteiger charge is -2.37. The number of likely N-dealkylation sites (tertiary alicyclic amines) is 1. The quantitative estimate of drug-likeness (QED) is 0.674. The van der Waals surface area contributed by atoms with E-state index in [2.05, 4.69) is 10.7 Å². The van der Waals surface area contributed by atoms with E-state index in [1.807, 2.05) is 30.0 Å². The lowest BCUT2D eigenvalue weighted by atomic mass is 9.87. The van der Waals surface area contributed by atoms with E-state index in [0.717, 1.165) is 30.8 Å². The molecule has 9 heteroatoms. The fourth-order valence-corrected chi connectivity index (χ4v) is 4.50. The Morgan fingerprint density at radius 2 is 1.93 bits per heavy atom. The molecule has 3 aliphatic rings. The number of rotatable bonds is 6. The highest BCUT2D eigenvalue weighted by Crippen LogP contribution is 2.31. The van der Waals surface area contributed by atoms with Crippen molar-refractivity contribution in [3.63, 3.8) is 0 Å². The fraction of sp³-hybridized carbons (Fsp3) is 0.571. The van der Waals surface area contributed by atoms with Crippen molar-refractivity contribution in [3.05, 3.63) is 35.9 Å². The van der Waals surface area contributed by atoms with Crippen molar-refractivity contribution in [3.8, 4) is 0 Å².